The lowest BCUT2D eigenvalue weighted by Gasteiger charge is -2.06. The maximum atomic E-state index is 13.4. The van der Waals surface area contributed by atoms with E-state index in [1.54, 1.807) is 0 Å². The highest BCUT2D eigenvalue weighted by Gasteiger charge is 2.11. The average molecular weight is 324 g/mol. The molecule has 2 N–H and O–H groups in total. The smallest absolute Gasteiger partial charge is 0.208 e. The van der Waals surface area contributed by atoms with Crippen molar-refractivity contribution in [3.05, 3.63) is 32.2 Å². The molecule has 0 bridgehead atoms. The highest BCUT2D eigenvalue weighted by molar-refractivity contribution is 9.10. The van der Waals surface area contributed by atoms with Crippen LogP contribution in [-0.2, 0) is 0 Å². The molecule has 0 saturated heterocycles. The number of aromatic amines is 1. The standard InChI is InChI=1S/C8H4BrF2N3S2/c9-4-1-3(10)2-5(11)6(4)12-7-13-14-8(15)16-7/h1-2H,(H,12,13)(H,14,15). The zero-order valence-electron chi connectivity index (χ0n) is 7.55. The Morgan fingerprint density at radius 3 is 2.75 bits per heavy atom. The molecule has 0 aliphatic rings. The van der Waals surface area contributed by atoms with Gasteiger partial charge in [-0.15, -0.1) is 5.10 Å². The van der Waals surface area contributed by atoms with E-state index in [1.165, 1.54) is 0 Å². The third kappa shape index (κ3) is 2.45. The summed E-state index contributed by atoms with van der Waals surface area (Å²) >= 11 is 9.05. The Morgan fingerprint density at radius 1 is 1.44 bits per heavy atom. The molecule has 1 aromatic heterocycles. The second kappa shape index (κ2) is 4.56. The van der Waals surface area contributed by atoms with Gasteiger partial charge in [-0.05, 0) is 34.2 Å². The molecule has 0 radical (unpaired) electrons. The van der Waals surface area contributed by atoms with E-state index in [9.17, 15) is 8.78 Å². The summed E-state index contributed by atoms with van der Waals surface area (Å²) in [4.78, 5) is 0. The molecule has 0 unspecified atom stereocenters. The van der Waals surface area contributed by atoms with E-state index in [2.05, 4.69) is 31.4 Å². The predicted molar refractivity (Wildman–Crippen MR) is 64.6 cm³/mol. The van der Waals surface area contributed by atoms with Crippen molar-refractivity contribution in [1.29, 1.82) is 0 Å². The average Bonchev–Trinajstić information content (AvgIpc) is 2.58. The van der Waals surface area contributed by atoms with E-state index >= 15 is 0 Å². The van der Waals surface area contributed by atoms with Crippen LogP contribution in [0, 0.1) is 15.6 Å². The first-order valence-electron chi connectivity index (χ1n) is 4.03. The Balaban J connectivity index is 2.38. The van der Waals surface area contributed by atoms with Gasteiger partial charge in [0.25, 0.3) is 0 Å². The van der Waals surface area contributed by atoms with E-state index in [0.29, 0.717) is 9.09 Å². The zero-order valence-corrected chi connectivity index (χ0v) is 10.8. The summed E-state index contributed by atoms with van der Waals surface area (Å²) in [6, 6.07) is 1.95. The number of anilines is 2. The first kappa shape index (κ1) is 11.6. The molecule has 3 nitrogen and oxygen atoms in total. The number of hydrogen-bond donors (Lipinski definition) is 2. The minimum Gasteiger partial charge on any atom is -0.327 e. The van der Waals surface area contributed by atoms with Crippen molar-refractivity contribution in [2.24, 2.45) is 0 Å². The normalized spacial score (nSPS) is 10.4. The van der Waals surface area contributed by atoms with Crippen LogP contribution in [0.4, 0.5) is 19.6 Å². The monoisotopic (exact) mass is 323 g/mol. The van der Waals surface area contributed by atoms with Crippen LogP contribution in [0.5, 0.6) is 0 Å². The van der Waals surface area contributed by atoms with Crippen LogP contribution in [0.3, 0.4) is 0 Å². The van der Waals surface area contributed by atoms with E-state index in [0.717, 1.165) is 23.5 Å². The maximum absolute atomic E-state index is 13.4. The van der Waals surface area contributed by atoms with Gasteiger partial charge in [0.15, 0.2) is 9.77 Å². The van der Waals surface area contributed by atoms with Gasteiger partial charge in [0.2, 0.25) is 5.13 Å². The number of nitrogens with one attached hydrogen (secondary N) is 2. The van der Waals surface area contributed by atoms with Gasteiger partial charge in [-0.3, -0.25) is 5.10 Å². The summed E-state index contributed by atoms with van der Waals surface area (Å²) < 4.78 is 27.0. The molecule has 0 saturated carbocycles. The number of halogens is 3. The van der Waals surface area contributed by atoms with Crippen LogP contribution in [0.15, 0.2) is 16.6 Å². The number of benzene rings is 1. The fourth-order valence-electron chi connectivity index (χ4n) is 1.05. The minimum absolute atomic E-state index is 0.124. The Labute approximate surface area is 107 Å². The first-order chi connectivity index (χ1) is 7.56. The lowest BCUT2D eigenvalue weighted by molar-refractivity contribution is 0.584. The number of hydrogen-bond acceptors (Lipinski definition) is 4. The number of rotatable bonds is 2. The third-order valence-electron chi connectivity index (χ3n) is 1.68. The molecule has 0 fully saturated rings. The third-order valence-corrected chi connectivity index (χ3v) is 3.31. The number of nitrogens with zero attached hydrogens (tertiary/aromatic N) is 1. The van der Waals surface area contributed by atoms with Gasteiger partial charge in [0.05, 0.1) is 5.69 Å². The van der Waals surface area contributed by atoms with Gasteiger partial charge >= 0.3 is 0 Å². The molecule has 16 heavy (non-hydrogen) atoms. The predicted octanol–water partition coefficient (Wildman–Crippen LogP) is 3.98. The number of H-pyrrole nitrogens is 1. The summed E-state index contributed by atoms with van der Waals surface area (Å²) in [5, 5.41) is 9.48. The minimum atomic E-state index is -0.701. The van der Waals surface area contributed by atoms with Crippen molar-refractivity contribution in [1.82, 2.24) is 10.2 Å². The van der Waals surface area contributed by atoms with E-state index < -0.39 is 11.6 Å². The number of aromatic nitrogens is 2. The molecule has 1 heterocycles. The Bertz CT molecular complexity index is 558. The lowest BCUT2D eigenvalue weighted by Crippen LogP contribution is -1.95. The molecule has 0 aliphatic heterocycles. The summed E-state index contributed by atoms with van der Waals surface area (Å²) in [5.41, 5.74) is 0.124. The maximum Gasteiger partial charge on any atom is 0.208 e. The van der Waals surface area contributed by atoms with Crippen molar-refractivity contribution in [2.45, 2.75) is 0 Å². The van der Waals surface area contributed by atoms with Crippen LogP contribution in [-0.4, -0.2) is 10.2 Å². The van der Waals surface area contributed by atoms with Crippen LogP contribution in [0.1, 0.15) is 0 Å². The fourth-order valence-corrected chi connectivity index (χ4v) is 2.35. The van der Waals surface area contributed by atoms with Crippen LogP contribution in [0.2, 0.25) is 0 Å². The molecule has 2 aromatic rings. The van der Waals surface area contributed by atoms with Gasteiger partial charge in [0, 0.05) is 10.5 Å². The van der Waals surface area contributed by atoms with E-state index in [4.69, 9.17) is 12.2 Å². The summed E-state index contributed by atoms with van der Waals surface area (Å²) in [7, 11) is 0. The summed E-state index contributed by atoms with van der Waals surface area (Å²) in [6.45, 7) is 0. The van der Waals surface area contributed by atoms with E-state index in [1.807, 2.05) is 0 Å². The molecule has 0 atom stereocenters. The van der Waals surface area contributed by atoms with Crippen LogP contribution < -0.4 is 5.32 Å². The van der Waals surface area contributed by atoms with E-state index in [-0.39, 0.29) is 10.2 Å². The molecule has 84 valence electrons. The van der Waals surface area contributed by atoms with Crippen molar-refractivity contribution >= 4 is 50.3 Å². The molecule has 2 rings (SSSR count). The van der Waals surface area contributed by atoms with Gasteiger partial charge in [-0.25, -0.2) is 8.78 Å². The highest BCUT2D eigenvalue weighted by atomic mass is 79.9. The van der Waals surface area contributed by atoms with Crippen molar-refractivity contribution in [3.8, 4) is 0 Å². The van der Waals surface area contributed by atoms with Crippen LogP contribution >= 0.6 is 39.5 Å². The fraction of sp³-hybridized carbons (Fsp3) is 0. The lowest BCUT2D eigenvalue weighted by atomic mass is 10.3. The Morgan fingerprint density at radius 2 is 2.19 bits per heavy atom. The molecule has 0 amide bonds. The molecular weight excluding hydrogens is 320 g/mol. The molecule has 8 heteroatoms. The Kier molecular flexibility index (Phi) is 3.31. The molecular formula is C8H4BrF2N3S2. The first-order valence-corrected chi connectivity index (χ1v) is 6.05. The topological polar surface area (TPSA) is 40.7 Å². The molecule has 0 aliphatic carbocycles. The molecule has 0 spiro atoms. The quantitative estimate of drug-likeness (QED) is 0.821. The molecule has 1 aromatic carbocycles. The highest BCUT2D eigenvalue weighted by Crippen LogP contribution is 2.30. The summed E-state index contributed by atoms with van der Waals surface area (Å²) in [6.07, 6.45) is 0. The van der Waals surface area contributed by atoms with Gasteiger partial charge in [-0.2, -0.15) is 0 Å². The van der Waals surface area contributed by atoms with Gasteiger partial charge in [0.1, 0.15) is 5.82 Å². The van der Waals surface area contributed by atoms with Crippen LogP contribution in [0.25, 0.3) is 0 Å². The second-order valence-electron chi connectivity index (χ2n) is 2.79. The van der Waals surface area contributed by atoms with Gasteiger partial charge in [-0.1, -0.05) is 11.3 Å². The largest absolute Gasteiger partial charge is 0.327 e. The van der Waals surface area contributed by atoms with Crippen molar-refractivity contribution in [2.75, 3.05) is 5.32 Å². The zero-order chi connectivity index (χ0) is 11.7. The SMILES string of the molecule is Fc1cc(F)c(Nc2n[nH]c(=S)s2)c(Br)c1. The van der Waals surface area contributed by atoms with Gasteiger partial charge < -0.3 is 5.32 Å². The Hall–Kier alpha value is -0.860. The van der Waals surface area contributed by atoms with Crippen molar-refractivity contribution in [3.63, 3.8) is 0 Å². The summed E-state index contributed by atoms with van der Waals surface area (Å²) in [5.74, 6) is -1.35. The second-order valence-corrected chi connectivity index (χ2v) is 5.31. The van der Waals surface area contributed by atoms with Crippen molar-refractivity contribution < 1.29 is 8.78 Å².